The van der Waals surface area contributed by atoms with Crippen LogP contribution < -0.4 is 24.0 Å². The molecule has 0 aliphatic rings. The number of para-hydroxylation sites is 1. The number of anilines is 4. The third kappa shape index (κ3) is 5.46. The molecule has 0 saturated heterocycles. The Hall–Kier alpha value is -6.70. The number of hydrogen-bond donors (Lipinski definition) is 0. The largest absolute Gasteiger partial charge is 0.491 e. The third-order valence-electron chi connectivity index (χ3n) is 8.60. The average molecular weight is 686 g/mol. The van der Waals surface area contributed by atoms with E-state index in [1.54, 1.807) is 44.9 Å². The molecule has 0 spiro atoms. The van der Waals surface area contributed by atoms with Crippen molar-refractivity contribution < 1.29 is 22.9 Å². The van der Waals surface area contributed by atoms with Gasteiger partial charge in [-0.25, -0.2) is 8.78 Å². The van der Waals surface area contributed by atoms with Crippen LogP contribution in [0.25, 0.3) is 39.0 Å². The van der Waals surface area contributed by atoms with E-state index in [9.17, 15) is 0 Å². The van der Waals surface area contributed by atoms with Gasteiger partial charge in [-0.05, 0) is 48.4 Å². The minimum atomic E-state index is -0.517. The van der Waals surface area contributed by atoms with E-state index in [0.717, 1.165) is 11.4 Å². The summed E-state index contributed by atoms with van der Waals surface area (Å²) in [5.74, 6) is 0.920. The molecule has 51 heavy (non-hydrogen) atoms. The van der Waals surface area contributed by atoms with E-state index >= 15 is 8.78 Å². The summed E-state index contributed by atoms with van der Waals surface area (Å²) in [4.78, 5) is 13.4. The molecule has 14 heteroatoms. The molecule has 0 N–H and O–H groups in total. The first kappa shape index (κ1) is 31.6. The maximum Gasteiger partial charge on any atom is 0.365 e. The normalized spacial score (nSPS) is 11.5. The van der Waals surface area contributed by atoms with Crippen molar-refractivity contribution in [2.24, 2.45) is 0 Å². The number of halogens is 2. The second kappa shape index (κ2) is 12.6. The van der Waals surface area contributed by atoms with Crippen molar-refractivity contribution in [1.29, 1.82) is 0 Å². The van der Waals surface area contributed by atoms with Gasteiger partial charge < -0.3 is 19.3 Å². The van der Waals surface area contributed by atoms with Gasteiger partial charge in [0.15, 0.2) is 40.2 Å². The lowest BCUT2D eigenvalue weighted by atomic mass is 10.2. The van der Waals surface area contributed by atoms with Crippen molar-refractivity contribution in [2.75, 3.05) is 37.1 Å². The second-order valence-electron chi connectivity index (χ2n) is 11.7. The van der Waals surface area contributed by atoms with Crippen LogP contribution in [0, 0.1) is 11.6 Å². The molecule has 4 heterocycles. The number of rotatable bonds is 10. The van der Waals surface area contributed by atoms with Crippen LogP contribution in [-0.4, -0.2) is 61.4 Å². The van der Waals surface area contributed by atoms with Gasteiger partial charge in [0.25, 0.3) is 12.1 Å². The molecule has 4 aromatic heterocycles. The van der Waals surface area contributed by atoms with Crippen LogP contribution in [0.2, 0.25) is 0 Å². The average Bonchev–Trinajstić information content (AvgIpc) is 3.82. The molecule has 0 aliphatic carbocycles. The first-order chi connectivity index (χ1) is 24.8. The Morgan fingerprint density at radius 2 is 1.43 bits per heavy atom. The number of nitrogens with zero attached hydrogens (tertiary/aromatic N) is 10. The van der Waals surface area contributed by atoms with Crippen molar-refractivity contribution in [3.8, 4) is 17.2 Å². The first-order valence-corrected chi connectivity index (χ1v) is 16.1. The lowest BCUT2D eigenvalue weighted by molar-refractivity contribution is -0.655. The molecule has 8 aromatic rings. The summed E-state index contributed by atoms with van der Waals surface area (Å²) in [7, 11) is 3.72. The highest BCUT2D eigenvalue weighted by molar-refractivity contribution is 5.95. The van der Waals surface area contributed by atoms with E-state index in [1.807, 2.05) is 78.5 Å². The van der Waals surface area contributed by atoms with Crippen LogP contribution >= 0.6 is 0 Å². The Labute approximate surface area is 290 Å². The summed E-state index contributed by atoms with van der Waals surface area (Å²) in [6.07, 6.45) is 4.88. The Balaban J connectivity index is 1.25. The standard InChI is InChI=1S/C37H31F2N10O2/c1-5-15-51-33-20-31-27(18-29(33)39)35(45(3)23-11-8-7-9-12-23)42-37-44-49(22-48(31)37)25-14-10-13-24(16-25)46(4)34-26-17-28(38)32(50-6-2)19-30(26)47-21-40-43-36(47)41-34/h5,7-14,16-22H,1,6,15H2,2-4H3/q+1. The van der Waals surface area contributed by atoms with Gasteiger partial charge >= 0.3 is 5.78 Å². The van der Waals surface area contributed by atoms with Crippen LogP contribution in [0.1, 0.15) is 6.92 Å². The first-order valence-electron chi connectivity index (χ1n) is 16.1. The van der Waals surface area contributed by atoms with Gasteiger partial charge in [0, 0.05) is 49.1 Å². The highest BCUT2D eigenvalue weighted by Gasteiger charge is 2.24. The number of aromatic nitrogens is 8. The quantitative estimate of drug-likeness (QED) is 0.118. The number of ether oxygens (including phenoxy) is 2. The van der Waals surface area contributed by atoms with Crippen molar-refractivity contribution in [3.63, 3.8) is 0 Å². The van der Waals surface area contributed by atoms with Crippen molar-refractivity contribution >= 4 is 56.4 Å². The Morgan fingerprint density at radius 3 is 2.14 bits per heavy atom. The number of benzene rings is 4. The van der Waals surface area contributed by atoms with Crippen LogP contribution in [0.15, 0.2) is 104 Å². The van der Waals surface area contributed by atoms with E-state index in [-0.39, 0.29) is 18.1 Å². The van der Waals surface area contributed by atoms with E-state index in [4.69, 9.17) is 24.5 Å². The molecule has 0 aliphatic heterocycles. The number of fused-ring (bicyclic) bond motifs is 6. The van der Waals surface area contributed by atoms with Crippen LogP contribution in [-0.2, 0) is 0 Å². The van der Waals surface area contributed by atoms with Gasteiger partial charge in [0.1, 0.15) is 18.8 Å². The monoisotopic (exact) mass is 685 g/mol. The molecule has 0 radical (unpaired) electrons. The highest BCUT2D eigenvalue weighted by atomic mass is 19.1. The number of hydrogen-bond acceptors (Lipinski definition) is 9. The van der Waals surface area contributed by atoms with E-state index < -0.39 is 11.6 Å². The Kier molecular flexibility index (Phi) is 7.82. The van der Waals surface area contributed by atoms with Crippen LogP contribution in [0.4, 0.5) is 31.8 Å². The smallest absolute Gasteiger partial charge is 0.365 e. The van der Waals surface area contributed by atoms with Gasteiger partial charge in [0.2, 0.25) is 0 Å². The molecular weight excluding hydrogens is 654 g/mol. The molecule has 0 saturated carbocycles. The molecule has 0 fully saturated rings. The van der Waals surface area contributed by atoms with Crippen molar-refractivity contribution in [3.05, 3.63) is 116 Å². The molecule has 254 valence electrons. The van der Waals surface area contributed by atoms with Gasteiger partial charge in [0.05, 0.1) is 17.5 Å². The fraction of sp³-hybridized carbons (Fsp3) is 0.135. The van der Waals surface area contributed by atoms with Crippen LogP contribution in [0.3, 0.4) is 0 Å². The fourth-order valence-electron chi connectivity index (χ4n) is 6.11. The fourth-order valence-corrected chi connectivity index (χ4v) is 6.11. The highest BCUT2D eigenvalue weighted by Crippen LogP contribution is 2.35. The van der Waals surface area contributed by atoms with Gasteiger partial charge in [-0.3, -0.25) is 4.40 Å². The predicted octanol–water partition coefficient (Wildman–Crippen LogP) is 6.53. The third-order valence-corrected chi connectivity index (χ3v) is 8.60. The maximum absolute atomic E-state index is 15.4. The van der Waals surface area contributed by atoms with E-state index in [1.165, 1.54) is 18.5 Å². The second-order valence-corrected chi connectivity index (χ2v) is 11.7. The minimum Gasteiger partial charge on any atom is -0.491 e. The molecule has 8 rings (SSSR count). The zero-order valence-electron chi connectivity index (χ0n) is 27.9. The predicted molar refractivity (Wildman–Crippen MR) is 190 cm³/mol. The molecule has 12 nitrogen and oxygen atoms in total. The summed E-state index contributed by atoms with van der Waals surface area (Å²) < 4.78 is 46.9. The lowest BCUT2D eigenvalue weighted by Crippen LogP contribution is -2.32. The summed E-state index contributed by atoms with van der Waals surface area (Å²) in [5.41, 5.74) is 3.61. The molecule has 4 aromatic carbocycles. The molecular formula is C37H31F2N10O2+. The zero-order valence-corrected chi connectivity index (χ0v) is 27.9. The van der Waals surface area contributed by atoms with Gasteiger partial charge in [-0.15, -0.1) is 10.2 Å². The molecule has 0 bridgehead atoms. The molecule has 0 atom stereocenters. The maximum atomic E-state index is 15.4. The van der Waals surface area contributed by atoms with Gasteiger partial charge in [-0.2, -0.15) is 14.4 Å². The Morgan fingerprint density at radius 1 is 0.784 bits per heavy atom. The SMILES string of the molecule is C=CCOc1cc2c(cc1F)c(N(C)c1ccccc1)nc1n[n+](-c3cccc(N(C)c4nc5nncn5c5cc(OCC)c(F)cc45)c3)cn12. The van der Waals surface area contributed by atoms with E-state index in [2.05, 4.69) is 16.8 Å². The summed E-state index contributed by atoms with van der Waals surface area (Å²) in [6, 6.07) is 23.5. The minimum absolute atomic E-state index is 0.0845. The molecule has 0 amide bonds. The Bertz CT molecular complexity index is 2610. The van der Waals surface area contributed by atoms with Gasteiger partial charge in [-0.1, -0.05) is 41.6 Å². The lowest BCUT2D eigenvalue weighted by Gasteiger charge is -2.21. The zero-order chi connectivity index (χ0) is 35.2. The van der Waals surface area contributed by atoms with Crippen molar-refractivity contribution in [1.82, 2.24) is 34.1 Å². The summed E-state index contributed by atoms with van der Waals surface area (Å²) >= 11 is 0. The molecule has 0 unspecified atom stereocenters. The van der Waals surface area contributed by atoms with Crippen LogP contribution in [0.5, 0.6) is 11.5 Å². The summed E-state index contributed by atoms with van der Waals surface area (Å²) in [5, 5.41) is 14.1. The topological polar surface area (TPSA) is 102 Å². The van der Waals surface area contributed by atoms with E-state index in [0.29, 0.717) is 57.3 Å². The summed E-state index contributed by atoms with van der Waals surface area (Å²) in [6.45, 7) is 5.95. The van der Waals surface area contributed by atoms with Crippen molar-refractivity contribution in [2.45, 2.75) is 6.92 Å².